The first-order valence-electron chi connectivity index (χ1n) is 12.5. The van der Waals surface area contributed by atoms with Crippen LogP contribution in [0.5, 0.6) is 17.2 Å². The minimum atomic E-state index is -0.914. The topological polar surface area (TPSA) is 84.9 Å². The number of fused-ring (bicyclic) bond motifs is 1. The van der Waals surface area contributed by atoms with E-state index in [1.165, 1.54) is 0 Å². The van der Waals surface area contributed by atoms with Gasteiger partial charge in [-0.2, -0.15) is 0 Å². The summed E-state index contributed by atoms with van der Waals surface area (Å²) in [4.78, 5) is 24.3. The van der Waals surface area contributed by atoms with Crippen molar-refractivity contribution in [3.05, 3.63) is 112 Å². The number of carbonyl (C=O) groups excluding carboxylic acids is 1. The molecule has 1 atom stereocenters. The van der Waals surface area contributed by atoms with E-state index in [2.05, 4.69) is 5.32 Å². The van der Waals surface area contributed by atoms with Gasteiger partial charge in [0.15, 0.2) is 0 Å². The van der Waals surface area contributed by atoms with E-state index in [1.807, 2.05) is 48.5 Å². The highest BCUT2D eigenvalue weighted by atomic mass is 35.5. The molecule has 0 saturated heterocycles. The fraction of sp³-hybridized carbons (Fsp3) is 0.161. The van der Waals surface area contributed by atoms with E-state index in [4.69, 9.17) is 32.7 Å². The van der Waals surface area contributed by atoms with E-state index in [0.29, 0.717) is 59.4 Å². The molecule has 6 nitrogen and oxygen atoms in total. The second-order valence-corrected chi connectivity index (χ2v) is 9.93. The lowest BCUT2D eigenvalue weighted by Crippen LogP contribution is -2.25. The van der Waals surface area contributed by atoms with Gasteiger partial charge in [-0.1, -0.05) is 65.7 Å². The first kappa shape index (κ1) is 26.6. The molecule has 5 rings (SSSR count). The van der Waals surface area contributed by atoms with Crippen molar-refractivity contribution in [2.75, 3.05) is 13.2 Å². The molecular formula is C31H25Cl2NO5. The molecule has 1 amide bonds. The van der Waals surface area contributed by atoms with E-state index < -0.39 is 11.9 Å². The number of carboxylic acid groups (broad SMARTS) is 1. The Kier molecular flexibility index (Phi) is 8.05. The first-order chi connectivity index (χ1) is 18.9. The normalized spacial score (nSPS) is 14.2. The van der Waals surface area contributed by atoms with Crippen LogP contribution in [0.1, 0.15) is 33.8 Å². The third-order valence-corrected chi connectivity index (χ3v) is 7.23. The van der Waals surface area contributed by atoms with Gasteiger partial charge in [-0.05, 0) is 60.4 Å². The molecule has 1 unspecified atom stereocenters. The van der Waals surface area contributed by atoms with Gasteiger partial charge in [0, 0.05) is 34.3 Å². The first-order valence-corrected chi connectivity index (χ1v) is 13.2. The summed E-state index contributed by atoms with van der Waals surface area (Å²) in [6.45, 7) is 0.765. The maximum atomic E-state index is 12.8. The van der Waals surface area contributed by atoms with Gasteiger partial charge in [0.2, 0.25) is 0 Å². The van der Waals surface area contributed by atoms with Crippen LogP contribution in [0.4, 0.5) is 0 Å². The van der Waals surface area contributed by atoms with Crippen LogP contribution in [0.15, 0.2) is 84.9 Å². The van der Waals surface area contributed by atoms with Gasteiger partial charge in [0.25, 0.3) is 5.91 Å². The van der Waals surface area contributed by atoms with Gasteiger partial charge in [-0.3, -0.25) is 9.59 Å². The Bertz CT molecular complexity index is 1520. The van der Waals surface area contributed by atoms with Crippen LogP contribution in [0.2, 0.25) is 10.0 Å². The molecule has 0 fully saturated rings. The van der Waals surface area contributed by atoms with Crippen LogP contribution in [0.25, 0.3) is 11.1 Å². The molecule has 8 heteroatoms. The molecule has 0 aliphatic carbocycles. The van der Waals surface area contributed by atoms with Crippen molar-refractivity contribution >= 4 is 35.1 Å². The van der Waals surface area contributed by atoms with E-state index >= 15 is 0 Å². The second kappa shape index (κ2) is 11.8. The number of carbonyl (C=O) groups is 2. The Labute approximate surface area is 236 Å². The van der Waals surface area contributed by atoms with Crippen molar-refractivity contribution in [1.82, 2.24) is 5.32 Å². The average Bonchev–Trinajstić information content (AvgIpc) is 2.94. The van der Waals surface area contributed by atoms with Crippen LogP contribution < -0.4 is 14.8 Å². The molecule has 1 aliphatic heterocycles. The summed E-state index contributed by atoms with van der Waals surface area (Å²) in [5.41, 5.74) is 4.13. The summed E-state index contributed by atoms with van der Waals surface area (Å²) >= 11 is 12.8. The highest BCUT2D eigenvalue weighted by Crippen LogP contribution is 2.42. The van der Waals surface area contributed by atoms with Gasteiger partial charge < -0.3 is 19.9 Å². The Morgan fingerprint density at radius 3 is 2.38 bits per heavy atom. The number of benzene rings is 4. The minimum Gasteiger partial charge on any atom is -0.493 e. The Hall–Kier alpha value is -4.00. The smallest absolute Gasteiger partial charge is 0.311 e. The van der Waals surface area contributed by atoms with E-state index in [0.717, 1.165) is 16.7 Å². The standard InChI is InChI=1S/C31H25Cl2NO5/c32-26-8-4-3-7-23(26)22-6-2-1-5-19(22)13-15-34-30(35)20-9-11-21(12-10-20)39-29-18-28-25(17-27(29)33)24(31(36)37)14-16-38-28/h1-12,17-18,24H,13-16H2,(H,34,35)(H,36,37). The van der Waals surface area contributed by atoms with Crippen LogP contribution in [-0.4, -0.2) is 30.1 Å². The molecule has 1 aliphatic rings. The molecule has 0 aromatic heterocycles. The molecule has 4 aromatic rings. The molecule has 0 spiro atoms. The summed E-state index contributed by atoms with van der Waals surface area (Å²) < 4.78 is 11.5. The fourth-order valence-corrected chi connectivity index (χ4v) is 5.07. The maximum absolute atomic E-state index is 12.8. The van der Waals surface area contributed by atoms with Crippen molar-refractivity contribution in [2.24, 2.45) is 0 Å². The minimum absolute atomic E-state index is 0.197. The third kappa shape index (κ3) is 6.03. The molecule has 1 heterocycles. The quantitative estimate of drug-likeness (QED) is 0.234. The number of aliphatic carboxylic acids is 1. The molecule has 0 bridgehead atoms. The van der Waals surface area contributed by atoms with Crippen molar-refractivity contribution in [3.8, 4) is 28.4 Å². The van der Waals surface area contributed by atoms with Crippen LogP contribution in [0, 0.1) is 0 Å². The van der Waals surface area contributed by atoms with Gasteiger partial charge in [0.1, 0.15) is 17.2 Å². The van der Waals surface area contributed by atoms with E-state index in [9.17, 15) is 14.7 Å². The fourth-order valence-electron chi connectivity index (χ4n) is 4.62. The monoisotopic (exact) mass is 561 g/mol. The van der Waals surface area contributed by atoms with Gasteiger partial charge in [0.05, 0.1) is 17.5 Å². The van der Waals surface area contributed by atoms with Crippen molar-refractivity contribution in [1.29, 1.82) is 0 Å². The average molecular weight is 562 g/mol. The summed E-state index contributed by atoms with van der Waals surface area (Å²) in [6, 6.07) is 25.6. The molecule has 0 saturated carbocycles. The SMILES string of the molecule is O=C(NCCc1ccccc1-c1ccccc1Cl)c1ccc(Oc2cc3c(cc2Cl)C(C(=O)O)CCO3)cc1. The number of amides is 1. The van der Waals surface area contributed by atoms with Crippen LogP contribution >= 0.6 is 23.2 Å². The van der Waals surface area contributed by atoms with Gasteiger partial charge >= 0.3 is 5.97 Å². The lowest BCUT2D eigenvalue weighted by atomic mass is 9.93. The van der Waals surface area contributed by atoms with Crippen LogP contribution in [-0.2, 0) is 11.2 Å². The Morgan fingerprint density at radius 2 is 1.64 bits per heavy atom. The van der Waals surface area contributed by atoms with Crippen LogP contribution in [0.3, 0.4) is 0 Å². The number of hydrogen-bond donors (Lipinski definition) is 2. The molecule has 2 N–H and O–H groups in total. The number of rotatable bonds is 8. The Balaban J connectivity index is 1.21. The molecule has 39 heavy (non-hydrogen) atoms. The predicted molar refractivity (Wildman–Crippen MR) is 151 cm³/mol. The summed E-state index contributed by atoms with van der Waals surface area (Å²) in [5, 5.41) is 13.4. The lowest BCUT2D eigenvalue weighted by molar-refractivity contribution is -0.139. The van der Waals surface area contributed by atoms with Crippen molar-refractivity contribution < 1.29 is 24.2 Å². The van der Waals surface area contributed by atoms with Gasteiger partial charge in [-0.15, -0.1) is 0 Å². The highest BCUT2D eigenvalue weighted by Gasteiger charge is 2.29. The zero-order chi connectivity index (χ0) is 27.4. The van der Waals surface area contributed by atoms with Crippen molar-refractivity contribution in [2.45, 2.75) is 18.8 Å². The van der Waals surface area contributed by atoms with Gasteiger partial charge in [-0.25, -0.2) is 0 Å². The Morgan fingerprint density at radius 1 is 0.923 bits per heavy atom. The summed E-state index contributed by atoms with van der Waals surface area (Å²) in [7, 11) is 0. The number of nitrogens with one attached hydrogen (secondary N) is 1. The maximum Gasteiger partial charge on any atom is 0.311 e. The zero-order valence-electron chi connectivity index (χ0n) is 20.8. The lowest BCUT2D eigenvalue weighted by Gasteiger charge is -2.24. The van der Waals surface area contributed by atoms with E-state index in [-0.39, 0.29) is 10.9 Å². The molecule has 198 valence electrons. The second-order valence-electron chi connectivity index (χ2n) is 9.12. The molecule has 4 aromatic carbocycles. The number of ether oxygens (including phenoxy) is 2. The summed E-state index contributed by atoms with van der Waals surface area (Å²) in [5.74, 6) is -0.508. The largest absolute Gasteiger partial charge is 0.493 e. The summed E-state index contributed by atoms with van der Waals surface area (Å²) in [6.07, 6.45) is 1.03. The molecular weight excluding hydrogens is 537 g/mol. The zero-order valence-corrected chi connectivity index (χ0v) is 22.3. The van der Waals surface area contributed by atoms with Crippen molar-refractivity contribution in [3.63, 3.8) is 0 Å². The number of halogens is 2. The third-order valence-electron chi connectivity index (χ3n) is 6.61. The predicted octanol–water partition coefficient (Wildman–Crippen LogP) is 7.38. The van der Waals surface area contributed by atoms with E-state index in [1.54, 1.807) is 36.4 Å². The molecule has 0 radical (unpaired) electrons. The number of carboxylic acids is 1. The number of hydrogen-bond acceptors (Lipinski definition) is 4. The highest BCUT2D eigenvalue weighted by molar-refractivity contribution is 6.33.